The Kier molecular flexibility index (Phi) is 11.6. The van der Waals surface area contributed by atoms with Gasteiger partial charge in [-0.15, -0.1) is 22.7 Å². The lowest BCUT2D eigenvalue weighted by Crippen LogP contribution is -2.15. The van der Waals surface area contributed by atoms with Gasteiger partial charge in [-0.05, 0) is 153 Å². The van der Waals surface area contributed by atoms with E-state index in [2.05, 4.69) is 271 Å². The zero-order valence-corrected chi connectivity index (χ0v) is 47.1. The molecule has 2 aromatic heterocycles. The summed E-state index contributed by atoms with van der Waals surface area (Å²) in [7, 11) is 0. The Labute approximate surface area is 465 Å². The Morgan fingerprint density at radius 1 is 0.295 bits per heavy atom. The van der Waals surface area contributed by atoms with Crippen LogP contribution in [0.4, 0.5) is 34.1 Å². The molecule has 0 bridgehead atoms. The van der Waals surface area contributed by atoms with Crippen LogP contribution in [0.1, 0.15) is 72.9 Å². The molecule has 14 rings (SSSR count). The number of fused-ring (bicyclic) bond motifs is 6. The maximum atomic E-state index is 2.66. The van der Waals surface area contributed by atoms with E-state index in [-0.39, 0.29) is 11.8 Å². The summed E-state index contributed by atoms with van der Waals surface area (Å²) in [6, 6.07) is 78.1. The molecule has 0 radical (unpaired) electrons. The predicted octanol–water partition coefficient (Wildman–Crippen LogP) is 23.1. The lowest BCUT2D eigenvalue weighted by Gasteiger charge is -2.34. The smallest absolute Gasteiger partial charge is 0.0669 e. The molecule has 0 aliphatic rings. The Morgan fingerprint density at radius 3 is 1.06 bits per heavy atom. The maximum Gasteiger partial charge on any atom is 0.0669 e. The van der Waals surface area contributed by atoms with Crippen molar-refractivity contribution in [1.82, 2.24) is 0 Å². The van der Waals surface area contributed by atoms with E-state index in [0.29, 0.717) is 0 Å². The number of hydrogen-bond acceptors (Lipinski definition) is 4. The first-order valence-electron chi connectivity index (χ1n) is 27.5. The van der Waals surface area contributed by atoms with E-state index in [4.69, 9.17) is 0 Å². The van der Waals surface area contributed by atoms with Crippen molar-refractivity contribution in [2.24, 2.45) is 0 Å². The largest absolute Gasteiger partial charge is 0.308 e. The van der Waals surface area contributed by atoms with E-state index in [1.54, 1.807) is 0 Å². The third-order valence-electron chi connectivity index (χ3n) is 16.7. The van der Waals surface area contributed by atoms with Crippen LogP contribution >= 0.6 is 22.7 Å². The van der Waals surface area contributed by atoms with Crippen LogP contribution in [0.2, 0.25) is 0 Å². The summed E-state index contributed by atoms with van der Waals surface area (Å²) in [6.07, 6.45) is 0. The standard InChI is InChI=1S/C74H60N2S2/c1-43(2)61-41-65(75(63-39-51(31-27-45(63)5)49-19-11-9-12-20-49)71-47(7)29-33-57-53-23-15-17-25-67(53)77-73(57)71)59-38-36-56-62(44(3)4)42-66(60-37-35-55(61)69(59)70(56)60)76(64-40-52(32-28-46(64)6)50-21-13-10-14-22-50)72-48(8)30-34-58-54-24-16-18-26-68(54)78-74(58)72/h9-44H,1-8H3. The van der Waals surface area contributed by atoms with Crippen molar-refractivity contribution < 1.29 is 0 Å². The second-order valence-electron chi connectivity index (χ2n) is 22.2. The van der Waals surface area contributed by atoms with Crippen LogP contribution in [0.25, 0.3) is 94.9 Å². The summed E-state index contributed by atoms with van der Waals surface area (Å²) in [4.78, 5) is 5.32. The SMILES string of the molecule is Cc1ccc(-c2ccccc2)cc1N(c1cc(C(C)C)c2ccc3c(N(c4cc(-c5ccccc5)ccc4C)c4c(C)ccc5c4sc4ccccc45)cc(C(C)C)c4ccc1c2c43)c1c(C)ccc2c1sc1ccccc12. The van der Waals surface area contributed by atoms with Gasteiger partial charge in [0.05, 0.1) is 32.1 Å². The highest BCUT2D eigenvalue weighted by Crippen LogP contribution is 2.56. The van der Waals surface area contributed by atoms with Crippen molar-refractivity contribution in [1.29, 1.82) is 0 Å². The summed E-state index contributed by atoms with van der Waals surface area (Å²) in [5.74, 6) is 0.482. The van der Waals surface area contributed by atoms with Gasteiger partial charge in [0, 0.05) is 53.1 Å². The zero-order chi connectivity index (χ0) is 53.1. The van der Waals surface area contributed by atoms with Crippen LogP contribution < -0.4 is 9.80 Å². The first-order chi connectivity index (χ1) is 38.0. The molecule has 0 N–H and O–H groups in total. The first-order valence-corrected chi connectivity index (χ1v) is 29.2. The summed E-state index contributed by atoms with van der Waals surface area (Å²) < 4.78 is 5.21. The normalized spacial score (nSPS) is 12.1. The quantitative estimate of drug-likeness (QED) is 0.126. The average molecular weight is 1040 g/mol. The number of benzene rings is 12. The summed E-state index contributed by atoms with van der Waals surface area (Å²) >= 11 is 3.83. The number of nitrogens with zero attached hydrogens (tertiary/aromatic N) is 2. The number of rotatable bonds is 10. The Balaban J connectivity index is 1.13. The molecule has 0 aliphatic carbocycles. The van der Waals surface area contributed by atoms with E-state index in [9.17, 15) is 0 Å². The highest BCUT2D eigenvalue weighted by atomic mass is 32.1. The second kappa shape index (κ2) is 18.7. The molecule has 0 fully saturated rings. The van der Waals surface area contributed by atoms with Gasteiger partial charge < -0.3 is 9.80 Å². The van der Waals surface area contributed by atoms with Crippen molar-refractivity contribution in [3.8, 4) is 22.3 Å². The molecule has 0 atom stereocenters. The van der Waals surface area contributed by atoms with Crippen LogP contribution in [-0.4, -0.2) is 0 Å². The Hall–Kier alpha value is -8.28. The van der Waals surface area contributed by atoms with Crippen molar-refractivity contribution >= 4 is 129 Å². The summed E-state index contributed by atoms with van der Waals surface area (Å²) in [6.45, 7) is 18.7. The zero-order valence-electron chi connectivity index (χ0n) is 45.5. The molecule has 12 aromatic carbocycles. The van der Waals surface area contributed by atoms with Gasteiger partial charge in [-0.25, -0.2) is 0 Å². The van der Waals surface area contributed by atoms with Crippen LogP contribution in [-0.2, 0) is 0 Å². The fourth-order valence-corrected chi connectivity index (χ4v) is 15.3. The number of hydrogen-bond donors (Lipinski definition) is 0. The Morgan fingerprint density at radius 2 is 0.654 bits per heavy atom. The van der Waals surface area contributed by atoms with Gasteiger partial charge in [0.25, 0.3) is 0 Å². The van der Waals surface area contributed by atoms with Gasteiger partial charge in [-0.1, -0.05) is 198 Å². The number of thiophene rings is 2. The predicted molar refractivity (Wildman–Crippen MR) is 343 cm³/mol. The van der Waals surface area contributed by atoms with Crippen LogP contribution in [0, 0.1) is 27.7 Å². The van der Waals surface area contributed by atoms with Crippen molar-refractivity contribution in [3.05, 3.63) is 240 Å². The number of anilines is 6. The fourth-order valence-electron chi connectivity index (χ4n) is 12.7. The first kappa shape index (κ1) is 48.1. The molecule has 0 unspecified atom stereocenters. The van der Waals surface area contributed by atoms with Crippen LogP contribution in [0.15, 0.2) is 206 Å². The molecular formula is C74H60N2S2. The summed E-state index contributed by atoms with van der Waals surface area (Å²) in [5, 5.41) is 13.0. The van der Waals surface area contributed by atoms with Crippen molar-refractivity contribution in [3.63, 3.8) is 0 Å². The lowest BCUT2D eigenvalue weighted by atomic mass is 9.83. The molecule has 0 aliphatic heterocycles. The molecule has 0 saturated heterocycles. The highest BCUT2D eigenvalue weighted by Gasteiger charge is 2.30. The highest BCUT2D eigenvalue weighted by molar-refractivity contribution is 7.26. The topological polar surface area (TPSA) is 6.48 Å². The molecule has 378 valence electrons. The van der Waals surface area contributed by atoms with Gasteiger partial charge in [-0.2, -0.15) is 0 Å². The average Bonchev–Trinajstić information content (AvgIpc) is 3.85. The van der Waals surface area contributed by atoms with E-state index >= 15 is 0 Å². The molecule has 2 heterocycles. The molecule has 2 nitrogen and oxygen atoms in total. The van der Waals surface area contributed by atoms with E-state index < -0.39 is 0 Å². The third kappa shape index (κ3) is 7.56. The van der Waals surface area contributed by atoms with Gasteiger partial charge >= 0.3 is 0 Å². The minimum atomic E-state index is 0.241. The third-order valence-corrected chi connectivity index (χ3v) is 19.0. The van der Waals surface area contributed by atoms with E-state index in [1.807, 2.05) is 22.7 Å². The molecular weight excluding hydrogens is 981 g/mol. The van der Waals surface area contributed by atoms with Crippen molar-refractivity contribution in [2.45, 2.75) is 67.2 Å². The second-order valence-corrected chi connectivity index (χ2v) is 24.3. The van der Waals surface area contributed by atoms with Gasteiger partial charge in [0.2, 0.25) is 0 Å². The van der Waals surface area contributed by atoms with Crippen LogP contribution in [0.5, 0.6) is 0 Å². The van der Waals surface area contributed by atoms with Gasteiger partial charge in [0.15, 0.2) is 0 Å². The number of aryl methyl sites for hydroxylation is 4. The van der Waals surface area contributed by atoms with Gasteiger partial charge in [0.1, 0.15) is 0 Å². The van der Waals surface area contributed by atoms with Gasteiger partial charge in [-0.3, -0.25) is 0 Å². The summed E-state index contributed by atoms with van der Waals surface area (Å²) in [5.41, 5.74) is 19.7. The monoisotopic (exact) mass is 1040 g/mol. The molecule has 78 heavy (non-hydrogen) atoms. The van der Waals surface area contributed by atoms with E-state index in [1.165, 1.54) is 162 Å². The minimum absolute atomic E-state index is 0.241. The molecule has 0 amide bonds. The molecule has 0 spiro atoms. The maximum absolute atomic E-state index is 2.66. The van der Waals surface area contributed by atoms with Crippen LogP contribution in [0.3, 0.4) is 0 Å². The molecule has 0 saturated carbocycles. The fraction of sp³-hybridized carbons (Fsp3) is 0.135. The molecule has 14 aromatic rings. The minimum Gasteiger partial charge on any atom is -0.308 e. The van der Waals surface area contributed by atoms with Crippen molar-refractivity contribution in [2.75, 3.05) is 9.80 Å². The molecule has 4 heteroatoms. The van der Waals surface area contributed by atoms with E-state index in [0.717, 1.165) is 0 Å². The Bertz CT molecular complexity index is 4370. The lowest BCUT2D eigenvalue weighted by molar-refractivity contribution is 0.875.